The number of rotatable bonds is 6. The normalized spacial score (nSPS) is 17.0. The number of ether oxygens (including phenoxy) is 1. The van der Waals surface area contributed by atoms with E-state index in [1.165, 1.54) is 11.0 Å². The minimum absolute atomic E-state index is 0.00934. The number of hydrogen-bond acceptors (Lipinski definition) is 5. The first kappa shape index (κ1) is 24.0. The smallest absolute Gasteiger partial charge is 0.338 e. The van der Waals surface area contributed by atoms with Gasteiger partial charge in [0.2, 0.25) is 0 Å². The van der Waals surface area contributed by atoms with Crippen molar-refractivity contribution in [2.75, 3.05) is 11.5 Å². The molecule has 4 rings (SSSR count). The lowest BCUT2D eigenvalue weighted by Gasteiger charge is -2.27. The quantitative estimate of drug-likeness (QED) is 0.227. The highest BCUT2D eigenvalue weighted by molar-refractivity contribution is 6.51. The van der Waals surface area contributed by atoms with Crippen LogP contribution in [0.15, 0.2) is 78.4 Å². The van der Waals surface area contributed by atoms with Gasteiger partial charge in [0.05, 0.1) is 23.8 Å². The number of aliphatic hydroxyl groups excluding tert-OH is 1. The van der Waals surface area contributed by atoms with Gasteiger partial charge in [-0.2, -0.15) is 0 Å². The molecule has 1 fully saturated rings. The highest BCUT2D eigenvalue weighted by Crippen LogP contribution is 2.43. The summed E-state index contributed by atoms with van der Waals surface area (Å²) in [5, 5.41) is 11.3. The molecule has 1 unspecified atom stereocenters. The maximum atomic E-state index is 13.4. The zero-order valence-corrected chi connectivity index (χ0v) is 19.9. The van der Waals surface area contributed by atoms with Crippen LogP contribution >= 0.6 is 0 Å². The summed E-state index contributed by atoms with van der Waals surface area (Å²) in [6.07, 6.45) is 0.839. The standard InChI is InChI=1S/C29H27NO5/c1-4-19-13-15-20(16-14-19)26(31)24-25(23-12-7-6-9-18(23)3)30(28(33)27(24)32)22-11-8-10-21(17-22)29(34)35-5-2/h6-17,25,31H,4-5H2,1-3H3/b26-24+. The predicted molar refractivity (Wildman–Crippen MR) is 134 cm³/mol. The van der Waals surface area contributed by atoms with Crippen molar-refractivity contribution < 1.29 is 24.2 Å². The van der Waals surface area contributed by atoms with Crippen molar-refractivity contribution in [2.24, 2.45) is 0 Å². The van der Waals surface area contributed by atoms with Crippen LogP contribution in [0.5, 0.6) is 0 Å². The number of benzene rings is 3. The minimum atomic E-state index is -0.862. The number of Topliss-reactive ketones (excluding diaryl/α,β-unsaturated/α-hetero) is 1. The fourth-order valence-corrected chi connectivity index (χ4v) is 4.34. The number of aliphatic hydroxyl groups is 1. The molecular formula is C29H27NO5. The Hall–Kier alpha value is -4.19. The maximum Gasteiger partial charge on any atom is 0.338 e. The Kier molecular flexibility index (Phi) is 6.82. The lowest BCUT2D eigenvalue weighted by molar-refractivity contribution is -0.132. The molecule has 1 aliphatic rings. The van der Waals surface area contributed by atoms with E-state index in [9.17, 15) is 19.5 Å². The summed E-state index contributed by atoms with van der Waals surface area (Å²) in [6.45, 7) is 5.85. The van der Waals surface area contributed by atoms with Crippen LogP contribution in [0.3, 0.4) is 0 Å². The van der Waals surface area contributed by atoms with Crippen LogP contribution in [0.1, 0.15) is 52.5 Å². The summed E-state index contributed by atoms with van der Waals surface area (Å²) in [5.74, 6) is -2.31. The SMILES string of the molecule is CCOC(=O)c1cccc(N2C(=O)C(=O)/C(=C(/O)c3ccc(CC)cc3)C2c2ccccc2C)c1. The molecule has 0 saturated carbocycles. The van der Waals surface area contributed by atoms with Crippen molar-refractivity contribution >= 4 is 29.1 Å². The molecule has 1 aliphatic heterocycles. The highest BCUT2D eigenvalue weighted by Gasteiger charge is 2.47. The Bertz CT molecular complexity index is 1320. The molecule has 3 aromatic rings. The van der Waals surface area contributed by atoms with Crippen molar-refractivity contribution in [2.45, 2.75) is 33.2 Å². The van der Waals surface area contributed by atoms with Gasteiger partial charge in [-0.15, -0.1) is 0 Å². The van der Waals surface area contributed by atoms with Crippen LogP contribution in [0, 0.1) is 6.92 Å². The second-order valence-electron chi connectivity index (χ2n) is 8.35. The van der Waals surface area contributed by atoms with Gasteiger partial charge in [-0.1, -0.05) is 61.5 Å². The molecule has 1 atom stereocenters. The van der Waals surface area contributed by atoms with E-state index in [0.29, 0.717) is 16.8 Å². The van der Waals surface area contributed by atoms with E-state index in [0.717, 1.165) is 17.5 Å². The molecule has 1 heterocycles. The number of carbonyl (C=O) groups is 3. The largest absolute Gasteiger partial charge is 0.507 e. The van der Waals surface area contributed by atoms with E-state index in [1.807, 2.05) is 50.2 Å². The van der Waals surface area contributed by atoms with Crippen LogP contribution in [0.25, 0.3) is 5.76 Å². The summed E-state index contributed by atoms with van der Waals surface area (Å²) < 4.78 is 5.10. The van der Waals surface area contributed by atoms with E-state index in [-0.39, 0.29) is 23.5 Å². The molecule has 0 aromatic heterocycles. The first-order chi connectivity index (χ1) is 16.9. The molecule has 35 heavy (non-hydrogen) atoms. The lowest BCUT2D eigenvalue weighted by Crippen LogP contribution is -2.30. The Balaban J connectivity index is 1.91. The average molecular weight is 470 g/mol. The predicted octanol–water partition coefficient (Wildman–Crippen LogP) is 5.36. The van der Waals surface area contributed by atoms with Crippen LogP contribution < -0.4 is 4.90 Å². The zero-order chi connectivity index (χ0) is 25.1. The second-order valence-corrected chi connectivity index (χ2v) is 8.35. The Morgan fingerprint density at radius 3 is 2.31 bits per heavy atom. The summed E-state index contributed by atoms with van der Waals surface area (Å²) in [5.41, 5.74) is 3.76. The summed E-state index contributed by atoms with van der Waals surface area (Å²) in [7, 11) is 0. The molecule has 178 valence electrons. The molecule has 3 aromatic carbocycles. The first-order valence-electron chi connectivity index (χ1n) is 11.6. The van der Waals surface area contributed by atoms with Gasteiger partial charge in [0.15, 0.2) is 0 Å². The number of carbonyl (C=O) groups excluding carboxylic acids is 3. The fourth-order valence-electron chi connectivity index (χ4n) is 4.34. The van der Waals surface area contributed by atoms with Crippen molar-refractivity contribution in [1.29, 1.82) is 0 Å². The van der Waals surface area contributed by atoms with E-state index in [1.54, 1.807) is 37.3 Å². The minimum Gasteiger partial charge on any atom is -0.507 e. The van der Waals surface area contributed by atoms with Crippen LogP contribution in [-0.2, 0) is 20.7 Å². The topological polar surface area (TPSA) is 83.9 Å². The van der Waals surface area contributed by atoms with E-state index >= 15 is 0 Å². The molecule has 1 N–H and O–H groups in total. The molecule has 6 heteroatoms. The summed E-state index contributed by atoms with van der Waals surface area (Å²) in [6, 6.07) is 20.3. The number of amides is 1. The maximum absolute atomic E-state index is 13.4. The van der Waals surface area contributed by atoms with Gasteiger partial charge >= 0.3 is 5.97 Å². The number of hydrogen-bond donors (Lipinski definition) is 1. The lowest BCUT2D eigenvalue weighted by atomic mass is 9.92. The molecule has 0 spiro atoms. The number of ketones is 1. The Morgan fingerprint density at radius 1 is 0.943 bits per heavy atom. The number of aryl methyl sites for hydroxylation is 2. The molecule has 0 aliphatic carbocycles. The first-order valence-corrected chi connectivity index (χ1v) is 11.6. The molecule has 6 nitrogen and oxygen atoms in total. The van der Waals surface area contributed by atoms with Crippen molar-refractivity contribution in [3.05, 3.63) is 106 Å². The summed E-state index contributed by atoms with van der Waals surface area (Å²) >= 11 is 0. The van der Waals surface area contributed by atoms with E-state index in [4.69, 9.17) is 4.74 Å². The molecule has 1 amide bonds. The third-order valence-corrected chi connectivity index (χ3v) is 6.20. The third kappa shape index (κ3) is 4.47. The molecule has 0 radical (unpaired) electrons. The van der Waals surface area contributed by atoms with Crippen molar-refractivity contribution in [3.8, 4) is 0 Å². The molecule has 0 bridgehead atoms. The average Bonchev–Trinajstić information content (AvgIpc) is 3.14. The number of esters is 1. The van der Waals surface area contributed by atoms with Crippen molar-refractivity contribution in [1.82, 2.24) is 0 Å². The van der Waals surface area contributed by atoms with Crippen LogP contribution in [0.4, 0.5) is 5.69 Å². The van der Waals surface area contributed by atoms with E-state index < -0.39 is 23.7 Å². The zero-order valence-electron chi connectivity index (χ0n) is 19.9. The number of anilines is 1. The third-order valence-electron chi connectivity index (χ3n) is 6.20. The molecular weight excluding hydrogens is 442 g/mol. The van der Waals surface area contributed by atoms with Gasteiger partial charge in [0.1, 0.15) is 5.76 Å². The van der Waals surface area contributed by atoms with Crippen LogP contribution in [0.2, 0.25) is 0 Å². The van der Waals surface area contributed by atoms with Gasteiger partial charge in [-0.05, 0) is 55.2 Å². The molecule has 1 saturated heterocycles. The van der Waals surface area contributed by atoms with E-state index in [2.05, 4.69) is 0 Å². The van der Waals surface area contributed by atoms with Gasteiger partial charge in [-0.3, -0.25) is 14.5 Å². The highest BCUT2D eigenvalue weighted by atomic mass is 16.5. The van der Waals surface area contributed by atoms with Gasteiger partial charge in [0.25, 0.3) is 11.7 Å². The van der Waals surface area contributed by atoms with Crippen molar-refractivity contribution in [3.63, 3.8) is 0 Å². The van der Waals surface area contributed by atoms with Gasteiger partial charge in [0, 0.05) is 11.3 Å². The number of nitrogens with zero attached hydrogens (tertiary/aromatic N) is 1. The monoisotopic (exact) mass is 469 g/mol. The second kappa shape index (κ2) is 9.97. The Labute approximate surface area is 204 Å². The Morgan fingerprint density at radius 2 is 1.66 bits per heavy atom. The van der Waals surface area contributed by atoms with Crippen LogP contribution in [-0.4, -0.2) is 29.4 Å². The van der Waals surface area contributed by atoms with Gasteiger partial charge in [-0.25, -0.2) is 4.79 Å². The van der Waals surface area contributed by atoms with Gasteiger partial charge < -0.3 is 9.84 Å². The fraction of sp³-hybridized carbons (Fsp3) is 0.207. The summed E-state index contributed by atoms with van der Waals surface area (Å²) in [4.78, 5) is 40.4.